The molecule has 1 fully saturated rings. The van der Waals surface area contributed by atoms with Crippen molar-refractivity contribution in [3.63, 3.8) is 0 Å². The highest BCUT2D eigenvalue weighted by atomic mass is 32.1. The zero-order valence-electron chi connectivity index (χ0n) is 11.9. The van der Waals surface area contributed by atoms with E-state index in [-0.39, 0.29) is 6.04 Å². The summed E-state index contributed by atoms with van der Waals surface area (Å²) in [5.74, 6) is -0.773. The molecule has 3 rings (SSSR count). The normalized spacial score (nSPS) is 19.2. The van der Waals surface area contributed by atoms with Crippen LogP contribution in [0, 0.1) is 15.9 Å². The van der Waals surface area contributed by atoms with Crippen LogP contribution >= 0.6 is 11.3 Å². The Hall–Kier alpha value is -1.86. The van der Waals surface area contributed by atoms with Gasteiger partial charge in [0.25, 0.3) is 0 Å². The molecule has 1 aliphatic heterocycles. The molecule has 5 nitrogen and oxygen atoms in total. The van der Waals surface area contributed by atoms with E-state index in [1.807, 2.05) is 5.38 Å². The van der Waals surface area contributed by atoms with Crippen molar-refractivity contribution < 1.29 is 9.31 Å². The van der Waals surface area contributed by atoms with Gasteiger partial charge in [-0.25, -0.2) is 4.98 Å². The highest BCUT2D eigenvalue weighted by Crippen LogP contribution is 2.33. The van der Waals surface area contributed by atoms with Crippen molar-refractivity contribution in [2.24, 2.45) is 0 Å². The summed E-state index contributed by atoms with van der Waals surface area (Å²) in [5, 5.41) is 13.7. The maximum Gasteiger partial charge on any atom is 0.304 e. The molecule has 22 heavy (non-hydrogen) atoms. The quantitative estimate of drug-likeness (QED) is 0.632. The third-order valence-electron chi connectivity index (χ3n) is 3.94. The van der Waals surface area contributed by atoms with Crippen LogP contribution < -0.4 is 0 Å². The highest BCUT2D eigenvalue weighted by Gasteiger charge is 2.26. The van der Waals surface area contributed by atoms with Gasteiger partial charge >= 0.3 is 5.69 Å². The molecule has 1 aromatic heterocycles. The second kappa shape index (κ2) is 6.50. The van der Waals surface area contributed by atoms with Gasteiger partial charge in [0.1, 0.15) is 5.01 Å². The summed E-state index contributed by atoms with van der Waals surface area (Å²) in [4.78, 5) is 16.7. The standard InChI is InChI=1S/C15H16FN3O2S/c16-12-9-11(4-5-13(12)19(20)21)10-18-7-2-1-3-14(18)15-17-6-8-22-15/h4-6,8-9,14H,1-3,7,10H2/t14-/m1/s1. The first kappa shape index (κ1) is 15.1. The third-order valence-corrected chi connectivity index (χ3v) is 4.82. The number of nitrogens with zero attached hydrogens (tertiary/aromatic N) is 3. The van der Waals surface area contributed by atoms with Crippen LogP contribution in [0.5, 0.6) is 0 Å². The number of nitro groups is 1. The lowest BCUT2D eigenvalue weighted by Gasteiger charge is -2.34. The number of halogens is 1. The monoisotopic (exact) mass is 321 g/mol. The molecule has 1 aliphatic rings. The van der Waals surface area contributed by atoms with Crippen LogP contribution in [0.1, 0.15) is 35.9 Å². The summed E-state index contributed by atoms with van der Waals surface area (Å²) in [6.45, 7) is 1.52. The fourth-order valence-corrected chi connectivity index (χ4v) is 3.70. The van der Waals surface area contributed by atoms with E-state index in [4.69, 9.17) is 0 Å². The summed E-state index contributed by atoms with van der Waals surface area (Å²) in [5.41, 5.74) is 0.283. The van der Waals surface area contributed by atoms with Crippen molar-refractivity contribution in [2.45, 2.75) is 31.8 Å². The van der Waals surface area contributed by atoms with Gasteiger partial charge in [-0.1, -0.05) is 12.5 Å². The topological polar surface area (TPSA) is 59.3 Å². The van der Waals surface area contributed by atoms with E-state index >= 15 is 0 Å². The van der Waals surface area contributed by atoms with Crippen LogP contribution in [0.2, 0.25) is 0 Å². The minimum atomic E-state index is -0.773. The highest BCUT2D eigenvalue weighted by molar-refractivity contribution is 7.09. The number of hydrogen-bond donors (Lipinski definition) is 0. The molecule has 0 N–H and O–H groups in total. The summed E-state index contributed by atoms with van der Waals surface area (Å²) in [6, 6.07) is 4.40. The second-order valence-corrected chi connectivity index (χ2v) is 6.32. The lowest BCUT2D eigenvalue weighted by atomic mass is 10.0. The number of hydrogen-bond acceptors (Lipinski definition) is 5. The Kier molecular flexibility index (Phi) is 4.44. The van der Waals surface area contributed by atoms with Crippen molar-refractivity contribution in [1.82, 2.24) is 9.88 Å². The molecule has 1 atom stereocenters. The lowest BCUT2D eigenvalue weighted by molar-refractivity contribution is -0.387. The Morgan fingerprint density at radius 3 is 3.00 bits per heavy atom. The second-order valence-electron chi connectivity index (χ2n) is 5.40. The average Bonchev–Trinajstić information content (AvgIpc) is 3.01. The van der Waals surface area contributed by atoms with Gasteiger partial charge < -0.3 is 0 Å². The van der Waals surface area contributed by atoms with E-state index < -0.39 is 16.4 Å². The van der Waals surface area contributed by atoms with Crippen molar-refractivity contribution in [2.75, 3.05) is 6.54 Å². The predicted octanol–water partition coefficient (Wildman–Crippen LogP) is 3.92. The number of nitro benzene ring substituents is 1. The first-order chi connectivity index (χ1) is 10.6. The molecule has 0 spiro atoms. The first-order valence-electron chi connectivity index (χ1n) is 7.21. The molecule has 2 aromatic rings. The van der Waals surface area contributed by atoms with Gasteiger partial charge in [0.2, 0.25) is 5.82 Å². The molecule has 0 radical (unpaired) electrons. The zero-order chi connectivity index (χ0) is 15.5. The Balaban J connectivity index is 1.78. The van der Waals surface area contributed by atoms with E-state index in [0.717, 1.165) is 36.4 Å². The third kappa shape index (κ3) is 3.15. The van der Waals surface area contributed by atoms with Crippen molar-refractivity contribution in [1.29, 1.82) is 0 Å². The number of likely N-dealkylation sites (tertiary alicyclic amines) is 1. The van der Waals surface area contributed by atoms with Gasteiger partial charge in [-0.3, -0.25) is 15.0 Å². The molecular formula is C15H16FN3O2S. The van der Waals surface area contributed by atoms with Gasteiger partial charge in [-0.05, 0) is 31.0 Å². The van der Waals surface area contributed by atoms with Crippen molar-refractivity contribution in [3.8, 4) is 0 Å². The zero-order valence-corrected chi connectivity index (χ0v) is 12.8. The largest absolute Gasteiger partial charge is 0.304 e. The van der Waals surface area contributed by atoms with Gasteiger partial charge in [0, 0.05) is 24.2 Å². The summed E-state index contributed by atoms with van der Waals surface area (Å²) in [7, 11) is 0. The average molecular weight is 321 g/mol. The molecule has 0 bridgehead atoms. The molecule has 0 unspecified atom stereocenters. The lowest BCUT2D eigenvalue weighted by Crippen LogP contribution is -2.32. The van der Waals surface area contributed by atoms with E-state index in [0.29, 0.717) is 6.54 Å². The molecule has 1 aromatic carbocycles. The van der Waals surface area contributed by atoms with Crippen LogP contribution in [-0.4, -0.2) is 21.4 Å². The number of benzene rings is 1. The molecular weight excluding hydrogens is 305 g/mol. The fraction of sp³-hybridized carbons (Fsp3) is 0.400. The Bertz CT molecular complexity index is 663. The SMILES string of the molecule is O=[N+]([O-])c1ccc(CN2CCCC[C@@H]2c2nccs2)cc1F. The maximum absolute atomic E-state index is 13.8. The van der Waals surface area contributed by atoms with Crippen LogP contribution in [0.25, 0.3) is 0 Å². The Morgan fingerprint density at radius 2 is 2.32 bits per heavy atom. The van der Waals surface area contributed by atoms with Gasteiger partial charge in [-0.2, -0.15) is 4.39 Å². The number of rotatable bonds is 4. The van der Waals surface area contributed by atoms with Crippen LogP contribution in [0.15, 0.2) is 29.8 Å². The van der Waals surface area contributed by atoms with Crippen LogP contribution in [0.3, 0.4) is 0 Å². The fourth-order valence-electron chi connectivity index (χ4n) is 2.89. The summed E-state index contributed by atoms with van der Waals surface area (Å²) < 4.78 is 13.8. The van der Waals surface area contributed by atoms with E-state index in [9.17, 15) is 14.5 Å². The number of piperidine rings is 1. The van der Waals surface area contributed by atoms with Gasteiger partial charge in [-0.15, -0.1) is 11.3 Å². The molecule has 116 valence electrons. The number of aromatic nitrogens is 1. The molecule has 1 saturated heterocycles. The minimum Gasteiger partial charge on any atom is -0.290 e. The Labute approximate surface area is 131 Å². The molecule has 2 heterocycles. The molecule has 0 aliphatic carbocycles. The van der Waals surface area contributed by atoms with Gasteiger partial charge in [0.05, 0.1) is 11.0 Å². The molecule has 0 saturated carbocycles. The van der Waals surface area contributed by atoms with E-state index in [1.54, 1.807) is 23.6 Å². The minimum absolute atomic E-state index is 0.256. The van der Waals surface area contributed by atoms with Crippen molar-refractivity contribution in [3.05, 3.63) is 56.3 Å². The smallest absolute Gasteiger partial charge is 0.290 e. The van der Waals surface area contributed by atoms with Crippen LogP contribution in [0.4, 0.5) is 10.1 Å². The number of thiazole rings is 1. The maximum atomic E-state index is 13.8. The molecule has 0 amide bonds. The predicted molar refractivity (Wildman–Crippen MR) is 82.2 cm³/mol. The van der Waals surface area contributed by atoms with Crippen LogP contribution in [-0.2, 0) is 6.54 Å². The van der Waals surface area contributed by atoms with E-state index in [2.05, 4.69) is 9.88 Å². The Morgan fingerprint density at radius 1 is 1.45 bits per heavy atom. The summed E-state index contributed by atoms with van der Waals surface area (Å²) >= 11 is 1.64. The van der Waals surface area contributed by atoms with Crippen molar-refractivity contribution >= 4 is 17.0 Å². The van der Waals surface area contributed by atoms with E-state index in [1.165, 1.54) is 12.1 Å². The first-order valence-corrected chi connectivity index (χ1v) is 8.09. The summed E-state index contributed by atoms with van der Waals surface area (Å²) in [6.07, 6.45) is 5.12. The van der Waals surface area contributed by atoms with Gasteiger partial charge in [0.15, 0.2) is 0 Å². The molecule has 7 heteroatoms.